The van der Waals surface area contributed by atoms with E-state index in [0.29, 0.717) is 19.8 Å². The van der Waals surface area contributed by atoms with Gasteiger partial charge in [-0.1, -0.05) is 0 Å². The van der Waals surface area contributed by atoms with Gasteiger partial charge in [0.25, 0.3) is 0 Å². The van der Waals surface area contributed by atoms with E-state index in [1.807, 2.05) is 19.9 Å². The van der Waals surface area contributed by atoms with E-state index < -0.39 is 5.60 Å². The van der Waals surface area contributed by atoms with E-state index in [1.165, 1.54) is 40.8 Å². The molecule has 0 saturated heterocycles. The van der Waals surface area contributed by atoms with Gasteiger partial charge in [0, 0.05) is 0 Å². The third-order valence-corrected chi connectivity index (χ3v) is 9.11. The van der Waals surface area contributed by atoms with Crippen molar-refractivity contribution in [1.29, 1.82) is 0 Å². The quantitative estimate of drug-likeness (QED) is 0.453. The zero-order chi connectivity index (χ0) is 14.8. The molecule has 20 heavy (non-hydrogen) atoms. The van der Waals surface area contributed by atoms with Gasteiger partial charge in [0.15, 0.2) is 0 Å². The molecule has 3 heteroatoms. The first-order valence-corrected chi connectivity index (χ1v) is 12.1. The molecule has 1 unspecified atom stereocenters. The van der Waals surface area contributed by atoms with Gasteiger partial charge in [0.05, 0.1) is 0 Å². The fraction of sp³-hybridized carbons (Fsp3) is 0.647. The summed E-state index contributed by atoms with van der Waals surface area (Å²) in [6, 6.07) is 10.5. The van der Waals surface area contributed by atoms with Crippen molar-refractivity contribution in [2.75, 3.05) is 0 Å². The van der Waals surface area contributed by atoms with Gasteiger partial charge in [-0.15, -0.1) is 0 Å². The van der Waals surface area contributed by atoms with Crippen LogP contribution in [0.5, 0.6) is 0 Å². The number of hydrogen-bond acceptors (Lipinski definition) is 1. The molecular weight excluding hydrogens is 378 g/mol. The maximum atomic E-state index is 10.4. The summed E-state index contributed by atoms with van der Waals surface area (Å²) in [5, 5.41) is 14.6. The molecule has 1 N–H and O–H groups in total. The van der Waals surface area contributed by atoms with Gasteiger partial charge in [-0.3, -0.25) is 0 Å². The summed E-state index contributed by atoms with van der Waals surface area (Å²) in [5.41, 5.74) is 0.700. The zero-order valence-corrected chi connectivity index (χ0v) is 16.4. The van der Waals surface area contributed by atoms with Gasteiger partial charge in [0.2, 0.25) is 0 Å². The van der Waals surface area contributed by atoms with Crippen LogP contribution in [-0.2, 0) is 0 Å². The second-order valence-corrected chi connectivity index (χ2v) is 10.7. The second-order valence-electron chi connectivity index (χ2n) is 5.63. The molecule has 0 saturated carbocycles. The Labute approximate surface area is 137 Å². The standard InChI is InChI=1S/C17H28OSe2/c1-4-5-12-19-13-9-14-20-16(17(2,3)18)15-10-7-6-8-11-15/h6-8,10-11,16,18H,4-5,9,12-14H2,1-3H3. The van der Waals surface area contributed by atoms with Crippen LogP contribution in [0.4, 0.5) is 0 Å². The minimum absolute atomic E-state index is 0.319. The first-order chi connectivity index (χ1) is 9.55. The predicted molar refractivity (Wildman–Crippen MR) is 90.9 cm³/mol. The Balaban J connectivity index is 2.36. The first kappa shape index (κ1) is 18.3. The SMILES string of the molecule is CCCC[Se]CCC[Se]C(c1ccccc1)C(C)(C)O. The Bertz CT molecular complexity index is 346. The minimum atomic E-state index is -0.602. The van der Waals surface area contributed by atoms with Crippen LogP contribution >= 0.6 is 0 Å². The van der Waals surface area contributed by atoms with E-state index in [9.17, 15) is 5.11 Å². The van der Waals surface area contributed by atoms with Crippen molar-refractivity contribution in [2.24, 2.45) is 0 Å². The Morgan fingerprint density at radius 3 is 2.30 bits per heavy atom. The van der Waals surface area contributed by atoms with Crippen LogP contribution in [0.3, 0.4) is 0 Å². The Morgan fingerprint density at radius 2 is 1.70 bits per heavy atom. The molecule has 0 aliphatic rings. The van der Waals surface area contributed by atoms with Crippen molar-refractivity contribution in [1.82, 2.24) is 0 Å². The van der Waals surface area contributed by atoms with Crippen molar-refractivity contribution in [3.05, 3.63) is 35.9 Å². The maximum absolute atomic E-state index is 10.4. The van der Waals surface area contributed by atoms with E-state index >= 15 is 0 Å². The molecule has 1 aromatic rings. The van der Waals surface area contributed by atoms with Crippen molar-refractivity contribution >= 4 is 29.9 Å². The van der Waals surface area contributed by atoms with Crippen molar-refractivity contribution < 1.29 is 5.11 Å². The molecule has 1 nitrogen and oxygen atoms in total. The van der Waals surface area contributed by atoms with Crippen molar-refractivity contribution in [3.8, 4) is 0 Å². The number of aliphatic hydroxyl groups is 1. The normalized spacial score (nSPS) is 13.4. The van der Waals surface area contributed by atoms with Gasteiger partial charge < -0.3 is 0 Å². The number of unbranched alkanes of at least 4 members (excludes halogenated alkanes) is 1. The summed E-state index contributed by atoms with van der Waals surface area (Å²) < 4.78 is 0. The average Bonchev–Trinajstić information content (AvgIpc) is 2.41. The zero-order valence-electron chi connectivity index (χ0n) is 13.0. The van der Waals surface area contributed by atoms with Crippen LogP contribution in [0.25, 0.3) is 0 Å². The van der Waals surface area contributed by atoms with E-state index in [2.05, 4.69) is 31.2 Å². The van der Waals surface area contributed by atoms with E-state index in [0.717, 1.165) is 15.0 Å². The third-order valence-electron chi connectivity index (χ3n) is 3.10. The summed E-state index contributed by atoms with van der Waals surface area (Å²) in [6.45, 7) is 6.18. The molecule has 0 aromatic heterocycles. The predicted octanol–water partition coefficient (Wildman–Crippen LogP) is 4.35. The van der Waals surface area contributed by atoms with Gasteiger partial charge in [-0.05, 0) is 0 Å². The fourth-order valence-electron chi connectivity index (χ4n) is 2.05. The summed E-state index contributed by atoms with van der Waals surface area (Å²) in [5.74, 6) is 0. The third kappa shape index (κ3) is 7.29. The molecule has 0 amide bonds. The molecule has 0 aliphatic carbocycles. The average molecular weight is 406 g/mol. The molecule has 0 aliphatic heterocycles. The van der Waals surface area contributed by atoms with Crippen LogP contribution < -0.4 is 0 Å². The van der Waals surface area contributed by atoms with Crippen LogP contribution in [0.15, 0.2) is 30.3 Å². The van der Waals surface area contributed by atoms with E-state index in [1.54, 1.807) is 0 Å². The summed E-state index contributed by atoms with van der Waals surface area (Å²) in [6.07, 6.45) is 4.09. The Kier molecular flexibility index (Phi) is 9.16. The van der Waals surface area contributed by atoms with Gasteiger partial charge in [-0.25, -0.2) is 0 Å². The second kappa shape index (κ2) is 10.0. The number of hydrogen-bond donors (Lipinski definition) is 1. The van der Waals surface area contributed by atoms with Crippen LogP contribution in [0.2, 0.25) is 16.0 Å². The van der Waals surface area contributed by atoms with Gasteiger partial charge >= 0.3 is 137 Å². The molecular formula is C17H28OSe2. The molecule has 0 heterocycles. The van der Waals surface area contributed by atoms with E-state index in [-0.39, 0.29) is 0 Å². The first-order valence-electron chi connectivity index (χ1n) is 7.52. The molecule has 0 radical (unpaired) electrons. The van der Waals surface area contributed by atoms with Gasteiger partial charge in [0.1, 0.15) is 0 Å². The summed E-state index contributed by atoms with van der Waals surface area (Å²) in [4.78, 5) is 0.319. The molecule has 1 rings (SSSR count). The molecule has 0 spiro atoms. The molecule has 1 aromatic carbocycles. The fourth-order valence-corrected chi connectivity index (χ4v) is 7.90. The number of rotatable bonds is 10. The Hall–Kier alpha value is 0.219. The number of benzene rings is 1. The van der Waals surface area contributed by atoms with E-state index in [4.69, 9.17) is 0 Å². The van der Waals surface area contributed by atoms with Gasteiger partial charge in [-0.2, -0.15) is 0 Å². The Morgan fingerprint density at radius 1 is 1.05 bits per heavy atom. The molecule has 0 bridgehead atoms. The molecule has 1 atom stereocenters. The van der Waals surface area contributed by atoms with Crippen LogP contribution in [0, 0.1) is 0 Å². The monoisotopic (exact) mass is 408 g/mol. The molecule has 114 valence electrons. The van der Waals surface area contributed by atoms with Crippen molar-refractivity contribution in [3.63, 3.8) is 0 Å². The van der Waals surface area contributed by atoms with Crippen LogP contribution in [0.1, 0.15) is 50.4 Å². The molecule has 0 fully saturated rings. The van der Waals surface area contributed by atoms with Crippen molar-refractivity contribution in [2.45, 2.75) is 66.4 Å². The van der Waals surface area contributed by atoms with Crippen LogP contribution in [-0.4, -0.2) is 40.6 Å². The summed E-state index contributed by atoms with van der Waals surface area (Å²) >= 11 is 1.34. The summed E-state index contributed by atoms with van der Waals surface area (Å²) in [7, 11) is 0. The topological polar surface area (TPSA) is 20.2 Å².